The minimum Gasteiger partial charge on any atom is -0.489 e. The molecule has 0 aromatic heterocycles. The van der Waals surface area contributed by atoms with Crippen LogP contribution >= 0.6 is 23.4 Å². The summed E-state index contributed by atoms with van der Waals surface area (Å²) in [5.41, 5.74) is 2.59. The lowest BCUT2D eigenvalue weighted by atomic mass is 10.2. The molecule has 29 heavy (non-hydrogen) atoms. The van der Waals surface area contributed by atoms with Gasteiger partial charge in [0.05, 0.1) is 10.6 Å². The van der Waals surface area contributed by atoms with Gasteiger partial charge in [0.2, 0.25) is 0 Å². The van der Waals surface area contributed by atoms with Crippen molar-refractivity contribution in [1.82, 2.24) is 5.32 Å². The molecular weight excluding hydrogens is 404 g/mol. The van der Waals surface area contributed by atoms with Crippen LogP contribution in [-0.4, -0.2) is 11.1 Å². The second kappa shape index (κ2) is 8.99. The first-order chi connectivity index (χ1) is 14.2. The Morgan fingerprint density at radius 1 is 1.00 bits per heavy atom. The van der Waals surface area contributed by atoms with Crippen molar-refractivity contribution in [2.24, 2.45) is 4.99 Å². The number of hydrogen-bond donors (Lipinski definition) is 1. The molecule has 1 N–H and O–H groups in total. The zero-order valence-corrected chi connectivity index (χ0v) is 16.9. The summed E-state index contributed by atoms with van der Waals surface area (Å²) in [4.78, 5) is 17.3. The summed E-state index contributed by atoms with van der Waals surface area (Å²) >= 11 is 7.49. The first kappa shape index (κ1) is 19.3. The minimum absolute atomic E-state index is 0.160. The van der Waals surface area contributed by atoms with Crippen molar-refractivity contribution in [3.05, 3.63) is 99.9 Å². The SMILES string of the molecule is O=C1NC(=Nc2ccccc2)SC1=Cc1cccc(OCc2ccccc2Cl)c1. The van der Waals surface area contributed by atoms with E-state index in [4.69, 9.17) is 16.3 Å². The van der Waals surface area contributed by atoms with Crippen LogP contribution in [0, 0.1) is 0 Å². The van der Waals surface area contributed by atoms with Crippen LogP contribution in [0.1, 0.15) is 11.1 Å². The van der Waals surface area contributed by atoms with E-state index in [9.17, 15) is 4.79 Å². The number of hydrogen-bond acceptors (Lipinski definition) is 4. The van der Waals surface area contributed by atoms with Crippen molar-refractivity contribution >= 4 is 46.2 Å². The van der Waals surface area contributed by atoms with E-state index in [0.29, 0.717) is 27.5 Å². The number of carbonyl (C=O) groups is 1. The lowest BCUT2D eigenvalue weighted by Gasteiger charge is -2.08. The van der Waals surface area contributed by atoms with E-state index in [0.717, 1.165) is 16.8 Å². The Morgan fingerprint density at radius 3 is 2.62 bits per heavy atom. The molecule has 1 amide bonds. The van der Waals surface area contributed by atoms with E-state index in [2.05, 4.69) is 10.3 Å². The molecule has 6 heteroatoms. The van der Waals surface area contributed by atoms with Crippen LogP contribution in [0.3, 0.4) is 0 Å². The first-order valence-corrected chi connectivity index (χ1v) is 10.2. The van der Waals surface area contributed by atoms with Gasteiger partial charge in [-0.25, -0.2) is 4.99 Å². The van der Waals surface area contributed by atoms with E-state index < -0.39 is 0 Å². The normalized spacial score (nSPS) is 16.2. The van der Waals surface area contributed by atoms with Gasteiger partial charge in [-0.15, -0.1) is 0 Å². The van der Waals surface area contributed by atoms with Gasteiger partial charge in [0.1, 0.15) is 12.4 Å². The van der Waals surface area contributed by atoms with E-state index in [1.807, 2.05) is 84.9 Å². The number of nitrogens with one attached hydrogen (secondary N) is 1. The van der Waals surface area contributed by atoms with Gasteiger partial charge in [-0.1, -0.05) is 60.1 Å². The predicted molar refractivity (Wildman–Crippen MR) is 119 cm³/mol. The maximum absolute atomic E-state index is 12.3. The van der Waals surface area contributed by atoms with E-state index in [1.54, 1.807) is 0 Å². The van der Waals surface area contributed by atoms with Crippen LogP contribution in [0.5, 0.6) is 5.75 Å². The number of amides is 1. The Labute approximate surface area is 178 Å². The van der Waals surface area contributed by atoms with E-state index >= 15 is 0 Å². The summed E-state index contributed by atoms with van der Waals surface area (Å²) in [5, 5.41) is 4.04. The largest absolute Gasteiger partial charge is 0.489 e. The number of nitrogens with zero attached hydrogens (tertiary/aromatic N) is 1. The van der Waals surface area contributed by atoms with Crippen LogP contribution in [0.25, 0.3) is 6.08 Å². The van der Waals surface area contributed by atoms with E-state index in [1.165, 1.54) is 11.8 Å². The van der Waals surface area contributed by atoms with Gasteiger partial charge >= 0.3 is 0 Å². The highest BCUT2D eigenvalue weighted by Gasteiger charge is 2.23. The second-order valence-electron chi connectivity index (χ2n) is 6.27. The minimum atomic E-state index is -0.160. The van der Waals surface area contributed by atoms with Gasteiger partial charge < -0.3 is 10.1 Å². The van der Waals surface area contributed by atoms with Gasteiger partial charge in [-0.3, -0.25) is 4.79 Å². The number of thioether (sulfide) groups is 1. The molecule has 3 aromatic rings. The fraction of sp³-hybridized carbons (Fsp3) is 0.0435. The molecule has 3 aromatic carbocycles. The average molecular weight is 421 g/mol. The Morgan fingerprint density at radius 2 is 1.79 bits per heavy atom. The Balaban J connectivity index is 1.47. The molecule has 0 spiro atoms. The Hall–Kier alpha value is -3.02. The molecule has 0 aliphatic carbocycles. The molecular formula is C23H17ClN2O2S. The Kier molecular flexibility index (Phi) is 5.98. The second-order valence-corrected chi connectivity index (χ2v) is 7.71. The molecule has 1 heterocycles. The summed E-state index contributed by atoms with van der Waals surface area (Å²) in [6.45, 7) is 0.378. The average Bonchev–Trinajstić information content (AvgIpc) is 3.07. The predicted octanol–water partition coefficient (Wildman–Crippen LogP) is 5.81. The molecule has 1 aliphatic rings. The van der Waals surface area contributed by atoms with Crippen molar-refractivity contribution in [2.75, 3.05) is 0 Å². The molecule has 0 saturated carbocycles. The monoisotopic (exact) mass is 420 g/mol. The molecule has 0 bridgehead atoms. The third kappa shape index (κ3) is 5.08. The van der Waals surface area contributed by atoms with Crippen molar-refractivity contribution in [2.45, 2.75) is 6.61 Å². The molecule has 0 atom stereocenters. The highest BCUT2D eigenvalue weighted by molar-refractivity contribution is 8.18. The molecule has 0 radical (unpaired) electrons. The number of halogens is 1. The summed E-state index contributed by atoms with van der Waals surface area (Å²) in [6.07, 6.45) is 1.83. The standard InChI is InChI=1S/C23H17ClN2O2S/c24-20-12-5-4-8-17(20)15-28-19-11-6-7-16(13-19)14-21-22(27)26-23(29-21)25-18-9-2-1-3-10-18/h1-14H,15H2,(H,25,26,27). The summed E-state index contributed by atoms with van der Waals surface area (Å²) in [5.74, 6) is 0.549. The summed E-state index contributed by atoms with van der Waals surface area (Å²) in [6, 6.07) is 24.7. The summed E-state index contributed by atoms with van der Waals surface area (Å²) < 4.78 is 5.86. The van der Waals surface area contributed by atoms with Crippen LogP contribution < -0.4 is 10.1 Å². The maximum atomic E-state index is 12.3. The van der Waals surface area contributed by atoms with Crippen molar-refractivity contribution in [3.8, 4) is 5.75 Å². The number of rotatable bonds is 5. The zero-order chi connectivity index (χ0) is 20.1. The number of amidine groups is 1. The smallest absolute Gasteiger partial charge is 0.264 e. The molecule has 1 fully saturated rings. The third-order valence-corrected chi connectivity index (χ3v) is 5.42. The topological polar surface area (TPSA) is 50.7 Å². The fourth-order valence-corrected chi connectivity index (χ4v) is 3.75. The van der Waals surface area contributed by atoms with Gasteiger partial charge in [0.25, 0.3) is 5.91 Å². The van der Waals surface area contributed by atoms with Crippen LogP contribution in [-0.2, 0) is 11.4 Å². The first-order valence-electron chi connectivity index (χ1n) is 8.98. The Bertz CT molecular complexity index is 1100. The number of aliphatic imine (C=N–C) groups is 1. The summed E-state index contributed by atoms with van der Waals surface area (Å²) in [7, 11) is 0. The lowest BCUT2D eigenvalue weighted by Crippen LogP contribution is -2.19. The van der Waals surface area contributed by atoms with Gasteiger partial charge in [0, 0.05) is 10.6 Å². The van der Waals surface area contributed by atoms with Gasteiger partial charge in [-0.05, 0) is 53.7 Å². The van der Waals surface area contributed by atoms with Crippen LogP contribution in [0.15, 0.2) is 88.8 Å². The molecule has 144 valence electrons. The van der Waals surface area contributed by atoms with Crippen LogP contribution in [0.4, 0.5) is 5.69 Å². The highest BCUT2D eigenvalue weighted by Crippen LogP contribution is 2.29. The number of carbonyl (C=O) groups excluding carboxylic acids is 1. The van der Waals surface area contributed by atoms with Gasteiger partial charge in [-0.2, -0.15) is 0 Å². The molecule has 1 saturated heterocycles. The van der Waals surface area contributed by atoms with Crippen molar-refractivity contribution in [1.29, 1.82) is 0 Å². The number of ether oxygens (including phenoxy) is 1. The van der Waals surface area contributed by atoms with E-state index in [-0.39, 0.29) is 5.91 Å². The molecule has 1 aliphatic heterocycles. The van der Waals surface area contributed by atoms with Crippen molar-refractivity contribution < 1.29 is 9.53 Å². The third-order valence-electron chi connectivity index (χ3n) is 4.15. The number of para-hydroxylation sites is 1. The quantitative estimate of drug-likeness (QED) is 0.530. The van der Waals surface area contributed by atoms with Gasteiger partial charge in [0.15, 0.2) is 5.17 Å². The maximum Gasteiger partial charge on any atom is 0.264 e. The van der Waals surface area contributed by atoms with Crippen molar-refractivity contribution in [3.63, 3.8) is 0 Å². The van der Waals surface area contributed by atoms with Crippen LogP contribution in [0.2, 0.25) is 5.02 Å². The molecule has 4 nitrogen and oxygen atoms in total. The number of benzene rings is 3. The molecule has 4 rings (SSSR count). The zero-order valence-electron chi connectivity index (χ0n) is 15.3. The fourth-order valence-electron chi connectivity index (χ4n) is 2.72. The highest BCUT2D eigenvalue weighted by atomic mass is 35.5. The molecule has 0 unspecified atom stereocenters. The lowest BCUT2D eigenvalue weighted by molar-refractivity contribution is -0.115.